The van der Waals surface area contributed by atoms with E-state index in [1.807, 2.05) is 30.3 Å². The van der Waals surface area contributed by atoms with Crippen LogP contribution in [-0.4, -0.2) is 50.1 Å². The van der Waals surface area contributed by atoms with Crippen molar-refractivity contribution >= 4 is 16.0 Å². The summed E-state index contributed by atoms with van der Waals surface area (Å²) >= 11 is 0. The van der Waals surface area contributed by atoms with Crippen molar-refractivity contribution in [3.8, 4) is 0 Å². The summed E-state index contributed by atoms with van der Waals surface area (Å²) in [4.78, 5) is 13.4. The molecule has 2 aromatic carbocycles. The van der Waals surface area contributed by atoms with E-state index in [0.717, 1.165) is 32.4 Å². The maximum Gasteiger partial charge on any atom is 0.335 e. The second kappa shape index (κ2) is 8.65. The number of sulfonamides is 1. The lowest BCUT2D eigenvalue weighted by atomic mass is 10.1. The maximum atomic E-state index is 12.7. The van der Waals surface area contributed by atoms with Gasteiger partial charge in [0.2, 0.25) is 10.0 Å². The Morgan fingerprint density at radius 2 is 1.78 bits per heavy atom. The maximum absolute atomic E-state index is 12.7. The highest BCUT2D eigenvalue weighted by atomic mass is 32.2. The molecule has 7 heteroatoms. The Morgan fingerprint density at radius 3 is 2.44 bits per heavy atom. The summed E-state index contributed by atoms with van der Waals surface area (Å²) in [7, 11) is -3.77. The first-order valence-corrected chi connectivity index (χ1v) is 10.5. The zero-order chi connectivity index (χ0) is 19.3. The van der Waals surface area contributed by atoms with E-state index in [-0.39, 0.29) is 23.0 Å². The van der Waals surface area contributed by atoms with Crippen LogP contribution in [-0.2, 0) is 16.4 Å². The lowest BCUT2D eigenvalue weighted by Crippen LogP contribution is -2.43. The number of rotatable bonds is 8. The highest BCUT2D eigenvalue weighted by Gasteiger charge is 2.25. The van der Waals surface area contributed by atoms with Crippen molar-refractivity contribution in [2.24, 2.45) is 0 Å². The molecule has 144 valence electrons. The molecule has 0 spiro atoms. The van der Waals surface area contributed by atoms with E-state index in [1.165, 1.54) is 29.8 Å². The zero-order valence-electron chi connectivity index (χ0n) is 15.0. The highest BCUT2D eigenvalue weighted by Crippen LogP contribution is 2.17. The summed E-state index contributed by atoms with van der Waals surface area (Å²) in [6.07, 6.45) is 3.01. The standard InChI is InChI=1S/C20H24N2O4S/c23-20(24)17-9-6-10-19(14-17)27(25,26)21-15-18(22-11-4-5-12-22)13-16-7-2-1-3-8-16/h1-3,6-10,14,18,21H,4-5,11-13,15H2,(H,23,24). The van der Waals surface area contributed by atoms with Crippen molar-refractivity contribution in [1.82, 2.24) is 9.62 Å². The van der Waals surface area contributed by atoms with Crippen molar-refractivity contribution in [2.45, 2.75) is 30.2 Å². The van der Waals surface area contributed by atoms with Crippen molar-refractivity contribution in [3.63, 3.8) is 0 Å². The number of aromatic carboxylic acids is 1. The van der Waals surface area contributed by atoms with Crippen LogP contribution in [0.3, 0.4) is 0 Å². The third-order valence-corrected chi connectivity index (χ3v) is 6.29. The van der Waals surface area contributed by atoms with E-state index in [9.17, 15) is 13.2 Å². The van der Waals surface area contributed by atoms with Gasteiger partial charge in [0.1, 0.15) is 0 Å². The van der Waals surface area contributed by atoms with Crippen molar-refractivity contribution in [3.05, 3.63) is 65.7 Å². The molecule has 0 saturated carbocycles. The van der Waals surface area contributed by atoms with Crippen LogP contribution >= 0.6 is 0 Å². The number of nitrogens with one attached hydrogen (secondary N) is 1. The van der Waals surface area contributed by atoms with Gasteiger partial charge in [0, 0.05) is 12.6 Å². The summed E-state index contributed by atoms with van der Waals surface area (Å²) in [5.74, 6) is -1.15. The number of hydrogen-bond donors (Lipinski definition) is 2. The third-order valence-electron chi connectivity index (χ3n) is 4.87. The van der Waals surface area contributed by atoms with Crippen LogP contribution in [0, 0.1) is 0 Å². The van der Waals surface area contributed by atoms with Gasteiger partial charge in [-0.3, -0.25) is 4.90 Å². The predicted octanol–water partition coefficient (Wildman–Crippen LogP) is 2.37. The Balaban J connectivity index is 1.73. The lowest BCUT2D eigenvalue weighted by molar-refractivity contribution is 0.0696. The fourth-order valence-electron chi connectivity index (χ4n) is 3.41. The molecule has 2 N–H and O–H groups in total. The van der Waals surface area contributed by atoms with Crippen molar-refractivity contribution in [2.75, 3.05) is 19.6 Å². The molecule has 1 saturated heterocycles. The van der Waals surface area contributed by atoms with E-state index in [1.54, 1.807) is 0 Å². The van der Waals surface area contributed by atoms with Gasteiger partial charge in [0.25, 0.3) is 0 Å². The summed E-state index contributed by atoms with van der Waals surface area (Å²) in [5, 5.41) is 9.08. The van der Waals surface area contributed by atoms with Gasteiger partial charge in [-0.05, 0) is 56.1 Å². The highest BCUT2D eigenvalue weighted by molar-refractivity contribution is 7.89. The predicted molar refractivity (Wildman–Crippen MR) is 103 cm³/mol. The normalized spacial score (nSPS) is 16.3. The number of carboxylic acids is 1. The van der Waals surface area contributed by atoms with Gasteiger partial charge < -0.3 is 5.11 Å². The molecule has 2 aromatic rings. The molecule has 3 rings (SSSR count). The monoisotopic (exact) mass is 388 g/mol. The average Bonchev–Trinajstić information content (AvgIpc) is 3.20. The minimum Gasteiger partial charge on any atom is -0.478 e. The number of carbonyl (C=O) groups is 1. The van der Waals surface area contributed by atoms with Crippen LogP contribution in [0.1, 0.15) is 28.8 Å². The quantitative estimate of drug-likeness (QED) is 0.725. The van der Waals surface area contributed by atoms with Crippen LogP contribution in [0.2, 0.25) is 0 Å². The number of likely N-dealkylation sites (tertiary alicyclic amines) is 1. The number of carboxylic acid groups (broad SMARTS) is 1. The van der Waals surface area contributed by atoms with Crippen molar-refractivity contribution in [1.29, 1.82) is 0 Å². The van der Waals surface area contributed by atoms with Gasteiger partial charge in [-0.15, -0.1) is 0 Å². The van der Waals surface area contributed by atoms with Crippen LogP contribution in [0.4, 0.5) is 0 Å². The number of nitrogens with zero attached hydrogens (tertiary/aromatic N) is 1. The second-order valence-electron chi connectivity index (χ2n) is 6.77. The summed E-state index contributed by atoms with van der Waals surface area (Å²) in [5.41, 5.74) is 1.12. The molecule has 0 aliphatic carbocycles. The van der Waals surface area contributed by atoms with Crippen LogP contribution in [0.15, 0.2) is 59.5 Å². The Labute approximate surface area is 159 Å². The van der Waals surface area contributed by atoms with Crippen LogP contribution in [0.5, 0.6) is 0 Å². The van der Waals surface area contributed by atoms with Crippen LogP contribution < -0.4 is 4.72 Å². The Morgan fingerprint density at radius 1 is 1.07 bits per heavy atom. The van der Waals surface area contributed by atoms with Gasteiger partial charge in [-0.1, -0.05) is 36.4 Å². The van der Waals surface area contributed by atoms with E-state index < -0.39 is 16.0 Å². The van der Waals surface area contributed by atoms with Gasteiger partial charge in [0.15, 0.2) is 0 Å². The molecular weight excluding hydrogens is 364 g/mol. The van der Waals surface area contributed by atoms with Crippen molar-refractivity contribution < 1.29 is 18.3 Å². The molecule has 27 heavy (non-hydrogen) atoms. The fraction of sp³-hybridized carbons (Fsp3) is 0.350. The first-order chi connectivity index (χ1) is 13.0. The first-order valence-electron chi connectivity index (χ1n) is 9.07. The molecule has 1 heterocycles. The van der Waals surface area contributed by atoms with Gasteiger partial charge in [0.05, 0.1) is 10.5 Å². The summed E-state index contributed by atoms with van der Waals surface area (Å²) in [6.45, 7) is 2.22. The SMILES string of the molecule is O=C(O)c1cccc(S(=O)(=O)NCC(Cc2ccccc2)N2CCCC2)c1. The van der Waals surface area contributed by atoms with E-state index in [2.05, 4.69) is 9.62 Å². The largest absolute Gasteiger partial charge is 0.478 e. The molecule has 1 atom stereocenters. The molecule has 1 aliphatic heterocycles. The number of benzene rings is 2. The van der Waals surface area contributed by atoms with Gasteiger partial charge >= 0.3 is 5.97 Å². The molecule has 0 amide bonds. The minimum atomic E-state index is -3.77. The lowest BCUT2D eigenvalue weighted by Gasteiger charge is -2.28. The molecule has 1 fully saturated rings. The molecule has 0 bridgehead atoms. The second-order valence-corrected chi connectivity index (χ2v) is 8.54. The average molecular weight is 388 g/mol. The zero-order valence-corrected chi connectivity index (χ0v) is 15.9. The smallest absolute Gasteiger partial charge is 0.335 e. The Kier molecular flexibility index (Phi) is 6.26. The third kappa shape index (κ3) is 5.15. The number of hydrogen-bond acceptors (Lipinski definition) is 4. The van der Waals surface area contributed by atoms with Gasteiger partial charge in [-0.25, -0.2) is 17.9 Å². The summed E-state index contributed by atoms with van der Waals surface area (Å²) in [6, 6.07) is 15.5. The Bertz CT molecular complexity index is 878. The van der Waals surface area contributed by atoms with Crippen LogP contribution in [0.25, 0.3) is 0 Å². The fourth-order valence-corrected chi connectivity index (χ4v) is 4.53. The van der Waals surface area contributed by atoms with Gasteiger partial charge in [-0.2, -0.15) is 0 Å². The van der Waals surface area contributed by atoms with E-state index in [0.29, 0.717) is 0 Å². The molecule has 0 radical (unpaired) electrons. The topological polar surface area (TPSA) is 86.7 Å². The minimum absolute atomic E-state index is 0.0257. The molecule has 0 aromatic heterocycles. The molecular formula is C20H24N2O4S. The van der Waals surface area contributed by atoms with E-state index >= 15 is 0 Å². The van der Waals surface area contributed by atoms with E-state index in [4.69, 9.17) is 5.11 Å². The summed E-state index contributed by atoms with van der Waals surface area (Å²) < 4.78 is 28.0. The first kappa shape index (κ1) is 19.5. The molecule has 1 aliphatic rings. The molecule has 6 nitrogen and oxygen atoms in total. The Hall–Kier alpha value is -2.22. The molecule has 1 unspecified atom stereocenters.